The Morgan fingerprint density at radius 3 is 0.898 bits per heavy atom. The lowest BCUT2D eigenvalue weighted by atomic mass is 9.81. The van der Waals surface area contributed by atoms with Gasteiger partial charge in [0, 0.05) is 74.2 Å². The van der Waals surface area contributed by atoms with Crippen molar-refractivity contribution in [3.8, 4) is 44.5 Å². The quantitative estimate of drug-likeness (QED) is 0.0444. The highest BCUT2D eigenvalue weighted by Crippen LogP contribution is 2.51. The highest BCUT2D eigenvalue weighted by atomic mass is 79.9. The van der Waals surface area contributed by atoms with Crippen LogP contribution in [0, 0.1) is 62.3 Å². The zero-order chi connectivity index (χ0) is 95.8. The van der Waals surface area contributed by atoms with Crippen LogP contribution in [0.3, 0.4) is 0 Å². The molecule has 0 bridgehead atoms. The summed E-state index contributed by atoms with van der Waals surface area (Å²) in [7, 11) is -1.34. The molecule has 22 aromatic carbocycles. The Kier molecular flexibility index (Phi) is 31.2. The zero-order valence-corrected chi connectivity index (χ0v) is 84.4. The third-order valence-electron chi connectivity index (χ3n) is 25.0. The summed E-state index contributed by atoms with van der Waals surface area (Å²) in [5.41, 5.74) is 43.6. The van der Waals surface area contributed by atoms with Crippen molar-refractivity contribution < 1.29 is 10.0 Å². The number of benzene rings is 22. The molecule has 0 fully saturated rings. The van der Waals surface area contributed by atoms with E-state index in [1.54, 1.807) is 24.3 Å². The van der Waals surface area contributed by atoms with Crippen molar-refractivity contribution in [2.75, 3.05) is 26.6 Å². The van der Waals surface area contributed by atoms with Gasteiger partial charge in [-0.2, -0.15) is 0 Å². The molecule has 0 atom stereocenters. The van der Waals surface area contributed by atoms with Crippen molar-refractivity contribution in [3.63, 3.8) is 0 Å². The van der Waals surface area contributed by atoms with Crippen molar-refractivity contribution in [1.82, 2.24) is 0 Å². The molecule has 0 unspecified atom stereocenters. The number of nitrogens with two attached hydrogens (primary N) is 2. The molecule has 0 amide bonds. The van der Waals surface area contributed by atoms with Gasteiger partial charge in [-0.25, -0.2) is 0 Å². The van der Waals surface area contributed by atoms with Crippen molar-refractivity contribution in [1.29, 1.82) is 0 Å². The highest BCUT2D eigenvalue weighted by Gasteiger charge is 2.26. The molecular formula is C125H106BBr4N5O2. The summed E-state index contributed by atoms with van der Waals surface area (Å²) in [6.07, 6.45) is 0. The fourth-order valence-electron chi connectivity index (χ4n) is 17.3. The van der Waals surface area contributed by atoms with Gasteiger partial charge in [-0.3, -0.25) is 0 Å². The molecule has 674 valence electrons. The first-order chi connectivity index (χ1) is 66.5. The Labute approximate surface area is 838 Å². The fourth-order valence-corrected chi connectivity index (χ4v) is 18.9. The molecule has 0 aliphatic rings. The number of para-hydroxylation sites is 3. The van der Waals surface area contributed by atoms with Crippen LogP contribution in [0.5, 0.6) is 0 Å². The predicted molar refractivity (Wildman–Crippen MR) is 605 cm³/mol. The van der Waals surface area contributed by atoms with E-state index < -0.39 is 7.12 Å². The summed E-state index contributed by atoms with van der Waals surface area (Å²) in [5, 5.41) is 36.0. The first kappa shape index (κ1) is 96.0. The van der Waals surface area contributed by atoms with Crippen LogP contribution in [-0.2, 0) is 0 Å². The van der Waals surface area contributed by atoms with Gasteiger partial charge in [-0.05, 0) is 301 Å². The molecule has 7 nitrogen and oxygen atoms in total. The van der Waals surface area contributed by atoms with E-state index in [4.69, 9.17) is 21.5 Å². The largest absolute Gasteiger partial charge is 0.488 e. The topological polar surface area (TPSA) is 111 Å². The van der Waals surface area contributed by atoms with Crippen LogP contribution in [0.2, 0.25) is 0 Å². The van der Waals surface area contributed by atoms with E-state index in [9.17, 15) is 0 Å². The number of hydrogen-bond acceptors (Lipinski definition) is 7. The second kappa shape index (κ2) is 44.5. The molecule has 0 aliphatic heterocycles. The van der Waals surface area contributed by atoms with Crippen molar-refractivity contribution >= 4 is 198 Å². The third kappa shape index (κ3) is 22.5. The number of rotatable bonds is 13. The number of aryl methyl sites for hydroxylation is 9. The molecule has 137 heavy (non-hydrogen) atoms. The fraction of sp³-hybridized carbons (Fsp3) is 0.0720. The number of nitrogens with one attached hydrogen (secondary N) is 1. The van der Waals surface area contributed by atoms with Gasteiger partial charge in [-0.15, -0.1) is 0 Å². The van der Waals surface area contributed by atoms with Crippen LogP contribution < -0.4 is 32.0 Å². The van der Waals surface area contributed by atoms with Gasteiger partial charge < -0.3 is 36.6 Å². The number of nitrogen functional groups attached to an aromatic ring is 2. The first-order valence-electron chi connectivity index (χ1n) is 45.8. The number of anilines is 10. The molecule has 0 radical (unpaired) electrons. The van der Waals surface area contributed by atoms with Crippen molar-refractivity contribution in [2.45, 2.75) is 62.3 Å². The molecule has 0 saturated heterocycles. The highest BCUT2D eigenvalue weighted by molar-refractivity contribution is 9.11. The van der Waals surface area contributed by atoms with E-state index in [1.807, 2.05) is 86.6 Å². The summed E-state index contributed by atoms with van der Waals surface area (Å²) in [6, 6.07) is 153. The monoisotopic (exact) mass is 2040 g/mol. The lowest BCUT2D eigenvalue weighted by Crippen LogP contribution is -2.29. The van der Waals surface area contributed by atoms with Gasteiger partial charge in [0.25, 0.3) is 0 Å². The molecule has 7 N–H and O–H groups in total. The average molecular weight is 2040 g/mol. The van der Waals surface area contributed by atoms with Crippen LogP contribution in [0.4, 0.5) is 56.9 Å². The van der Waals surface area contributed by atoms with E-state index in [1.165, 1.54) is 175 Å². The SMILES string of the molecule is Brc1ccc2ccc3c(Br)ccc4ccc1c2c43.Cc1ccc(-c2ccccc2)cc1N.Cc1ccc(Br)cc1N.Cc1ccccc1Br.Cc1ccccc1N(c1cc(-c2ccccc2)ccc1C)c1ccc2ccc3c(N(c4ccccc4C)c4cc(-c5ccccc5)ccc4C)ccc4ccc1c2c43.Cc1ccccc1Nc1cc(-c2ccccc2)ccc1C.OB(O)c1ccccc1. The zero-order valence-electron chi connectivity index (χ0n) is 78.1. The van der Waals surface area contributed by atoms with Crippen molar-refractivity contribution in [2.24, 2.45) is 0 Å². The lowest BCUT2D eigenvalue weighted by Gasteiger charge is -2.32. The van der Waals surface area contributed by atoms with Crippen LogP contribution in [0.25, 0.3) is 109 Å². The Morgan fingerprint density at radius 2 is 0.526 bits per heavy atom. The Bertz CT molecular complexity index is 7610. The second-order valence-electron chi connectivity index (χ2n) is 34.4. The minimum atomic E-state index is -1.34. The summed E-state index contributed by atoms with van der Waals surface area (Å²) >= 11 is 14.0. The van der Waals surface area contributed by atoms with E-state index in [0.29, 0.717) is 5.46 Å². The van der Waals surface area contributed by atoms with Gasteiger partial charge in [0.1, 0.15) is 0 Å². The molecule has 0 saturated carbocycles. The molecule has 0 spiro atoms. The van der Waals surface area contributed by atoms with Crippen LogP contribution in [-0.4, -0.2) is 17.2 Å². The summed E-state index contributed by atoms with van der Waals surface area (Å²) in [5.74, 6) is 0. The maximum Gasteiger partial charge on any atom is 0.488 e. The maximum atomic E-state index is 8.58. The van der Waals surface area contributed by atoms with Crippen LogP contribution in [0.15, 0.2) is 455 Å². The van der Waals surface area contributed by atoms with Crippen LogP contribution >= 0.6 is 63.7 Å². The molecule has 0 heterocycles. The Hall–Kier alpha value is -14.2. The lowest BCUT2D eigenvalue weighted by molar-refractivity contribution is 0.426. The molecule has 12 heteroatoms. The standard InChI is InChI=1S/C56H44N2.C20H19N.C16H8Br2.C13H13N.C7H8BrN.C7H7Br.C6H7BO2/c1-37-15-11-13-21-49(37)57(53-35-45(25-23-39(53)3)41-17-7-5-8-18-41)51-33-29-43-28-32-48-52(34-30-44-27-31-47(51)55(43)56(44)48)58(50-22-14-12-16-38(50)2)54-36-46(26-24-40(54)4)42-19-9-6-10-20-42;1-15-8-6-7-11-19(15)21-20-14-18(13-12-16(20)2)17-9-4-3-5-10-17;17-13-8-4-10-2-6-12-14(18)7-3-9-1-5-11(13)16(10)15(9)12;1-10-7-8-12(9-13(10)14)11-5-3-2-4-6-11;1-5-2-3-6(8)4-7(5)9;1-6-4-2-3-5-7(6)8;8-7(9)6-4-2-1-3-5-6/h5-36H,1-4H3;3-14,21H,1-2H3;1-8H;2-9H,14H2,1H3;2-4H,9H2,1H3;2-5H,1H3;1-5,8-9H. The molecular weight excluding hydrogens is 1930 g/mol. The molecule has 0 aliphatic carbocycles. The summed E-state index contributed by atoms with van der Waals surface area (Å²) in [4.78, 5) is 4.98. The van der Waals surface area contributed by atoms with E-state index in [-0.39, 0.29) is 0 Å². The van der Waals surface area contributed by atoms with Gasteiger partial charge in [0.05, 0.1) is 11.4 Å². The number of halogens is 4. The van der Waals surface area contributed by atoms with E-state index >= 15 is 0 Å². The summed E-state index contributed by atoms with van der Waals surface area (Å²) in [6.45, 7) is 19.2. The van der Waals surface area contributed by atoms with Gasteiger partial charge in [0.2, 0.25) is 0 Å². The second-order valence-corrected chi connectivity index (χ2v) is 37.9. The van der Waals surface area contributed by atoms with Crippen LogP contribution in [0.1, 0.15) is 50.1 Å². The predicted octanol–water partition coefficient (Wildman–Crippen LogP) is 35.6. The minimum absolute atomic E-state index is 0.525. The van der Waals surface area contributed by atoms with E-state index in [2.05, 4.69) is 467 Å². The van der Waals surface area contributed by atoms with Gasteiger partial charge in [0.15, 0.2) is 0 Å². The smallest absolute Gasteiger partial charge is 0.423 e. The molecule has 0 aromatic heterocycles. The summed E-state index contributed by atoms with van der Waals surface area (Å²) < 4.78 is 4.53. The van der Waals surface area contributed by atoms with E-state index in [0.717, 1.165) is 58.7 Å². The number of nitrogens with zero attached hydrogens (tertiary/aromatic N) is 2. The minimum Gasteiger partial charge on any atom is -0.423 e. The van der Waals surface area contributed by atoms with Crippen molar-refractivity contribution in [3.05, 3.63) is 505 Å². The number of hydrogen-bond donors (Lipinski definition) is 5. The maximum absolute atomic E-state index is 8.58. The third-order valence-corrected chi connectivity index (χ3v) is 27.8. The van der Waals surface area contributed by atoms with Gasteiger partial charge >= 0.3 is 7.12 Å². The normalized spacial score (nSPS) is 10.8. The average Bonchev–Trinajstić information content (AvgIpc) is 0.726. The Balaban J connectivity index is 0.000000138. The molecule has 22 aromatic rings. The first-order valence-corrected chi connectivity index (χ1v) is 49.0. The Morgan fingerprint density at radius 1 is 0.219 bits per heavy atom. The van der Waals surface area contributed by atoms with Gasteiger partial charge in [-0.1, -0.05) is 416 Å². The molecule has 22 rings (SSSR count).